The Bertz CT molecular complexity index is 1180. The molecule has 1 N–H and O–H groups in total. The summed E-state index contributed by atoms with van der Waals surface area (Å²) >= 11 is 1.36. The maximum atomic E-state index is 13.4. The van der Waals surface area contributed by atoms with E-state index in [2.05, 4.69) is 5.32 Å². The lowest BCUT2D eigenvalue weighted by molar-refractivity contribution is -0.113. The third-order valence-corrected chi connectivity index (χ3v) is 5.68. The Balaban J connectivity index is 1.51. The molecule has 1 aliphatic heterocycles. The van der Waals surface area contributed by atoms with E-state index in [0.717, 1.165) is 27.7 Å². The average molecular weight is 448 g/mol. The molecule has 4 rings (SSSR count). The first kappa shape index (κ1) is 21.8. The van der Waals surface area contributed by atoms with Crippen molar-refractivity contribution >= 4 is 45.5 Å². The van der Waals surface area contributed by atoms with Gasteiger partial charge in [0.1, 0.15) is 11.6 Å². The molecule has 0 atom stereocenters. The van der Waals surface area contributed by atoms with Crippen LogP contribution in [0.2, 0.25) is 0 Å². The summed E-state index contributed by atoms with van der Waals surface area (Å²) in [6, 6.07) is 21.2. The number of carbonyl (C=O) groups is 1. The van der Waals surface area contributed by atoms with Crippen molar-refractivity contribution < 1.29 is 13.9 Å². The fourth-order valence-corrected chi connectivity index (χ4v) is 4.01. The van der Waals surface area contributed by atoms with Crippen LogP contribution < -0.4 is 10.1 Å². The molecule has 0 aliphatic carbocycles. The predicted molar refractivity (Wildman–Crippen MR) is 129 cm³/mol. The van der Waals surface area contributed by atoms with Crippen LogP contribution in [0.25, 0.3) is 0 Å². The van der Waals surface area contributed by atoms with Crippen molar-refractivity contribution in [2.45, 2.75) is 13.3 Å². The van der Waals surface area contributed by atoms with Crippen LogP contribution in [0.4, 0.5) is 21.5 Å². The lowest BCUT2D eigenvalue weighted by Gasteiger charge is -2.11. The molecule has 0 aromatic heterocycles. The van der Waals surface area contributed by atoms with Crippen LogP contribution in [0.15, 0.2) is 82.8 Å². The smallest absolute Gasteiger partial charge is 0.234 e. The predicted octanol–water partition coefficient (Wildman–Crippen LogP) is 6.15. The Labute approximate surface area is 190 Å². The minimum atomic E-state index is -0.296. The van der Waals surface area contributed by atoms with E-state index >= 15 is 0 Å². The number of rotatable bonds is 6. The number of ether oxygens (including phenoxy) is 1. The van der Waals surface area contributed by atoms with E-state index in [-0.39, 0.29) is 17.5 Å². The van der Waals surface area contributed by atoms with Crippen molar-refractivity contribution in [1.82, 2.24) is 0 Å². The van der Waals surface area contributed by atoms with Crippen molar-refractivity contribution in [3.8, 4) is 5.75 Å². The summed E-state index contributed by atoms with van der Waals surface area (Å²) in [5.74, 6) is 0.385. The lowest BCUT2D eigenvalue weighted by atomic mass is 10.1. The second kappa shape index (κ2) is 10.2. The van der Waals surface area contributed by atoms with Crippen molar-refractivity contribution in [2.75, 3.05) is 17.7 Å². The molecule has 1 heterocycles. The molecule has 32 heavy (non-hydrogen) atoms. The number of fused-ring (bicyclic) bond motifs is 1. The van der Waals surface area contributed by atoms with Crippen molar-refractivity contribution in [1.29, 1.82) is 0 Å². The number of halogens is 1. The molecule has 3 aromatic carbocycles. The highest BCUT2D eigenvalue weighted by Gasteiger charge is 2.17. The number of hydrogen-bond acceptors (Lipinski definition) is 5. The molecule has 0 spiro atoms. The first-order chi connectivity index (χ1) is 15.6. The van der Waals surface area contributed by atoms with Gasteiger partial charge in [0, 0.05) is 6.42 Å². The Hall–Kier alpha value is -3.45. The van der Waals surface area contributed by atoms with Gasteiger partial charge in [-0.3, -0.25) is 9.79 Å². The fourth-order valence-electron chi connectivity index (χ4n) is 3.23. The number of amides is 1. The third-order valence-electron chi connectivity index (χ3n) is 4.71. The number of anilines is 1. The number of thioether (sulfide) groups is 1. The summed E-state index contributed by atoms with van der Waals surface area (Å²) in [4.78, 5) is 22.1. The maximum absolute atomic E-state index is 13.4. The van der Waals surface area contributed by atoms with Gasteiger partial charge in [0.05, 0.1) is 40.2 Å². The topological polar surface area (TPSA) is 63.0 Å². The van der Waals surface area contributed by atoms with Gasteiger partial charge in [0.25, 0.3) is 0 Å². The minimum Gasteiger partial charge on any atom is -0.492 e. The number of nitrogens with one attached hydrogen (secondary N) is 1. The monoisotopic (exact) mass is 447 g/mol. The van der Waals surface area contributed by atoms with Crippen molar-refractivity contribution in [3.63, 3.8) is 0 Å². The Kier molecular flexibility index (Phi) is 6.97. The van der Waals surface area contributed by atoms with Crippen LogP contribution >= 0.6 is 11.8 Å². The standard InChI is InChI=1S/C25H22FN3O2S/c1-2-31-23-10-6-5-9-21(23)28-24(30)16-32-25-15-22(17-11-13-18(26)14-12-17)27-19-7-3-4-8-20(19)29-25/h3-14H,2,15-16H2,1H3,(H,28,30). The van der Waals surface area contributed by atoms with Gasteiger partial charge in [-0.05, 0) is 48.9 Å². The zero-order valence-corrected chi connectivity index (χ0v) is 18.4. The summed E-state index contributed by atoms with van der Waals surface area (Å²) in [7, 11) is 0. The van der Waals surface area contributed by atoms with Gasteiger partial charge >= 0.3 is 0 Å². The summed E-state index contributed by atoms with van der Waals surface area (Å²) in [5.41, 5.74) is 3.74. The van der Waals surface area contributed by atoms with Crippen LogP contribution in [-0.2, 0) is 4.79 Å². The van der Waals surface area contributed by atoms with Crippen molar-refractivity contribution in [2.24, 2.45) is 9.98 Å². The molecule has 0 saturated carbocycles. The van der Waals surface area contributed by atoms with Gasteiger partial charge in [0.15, 0.2) is 0 Å². The maximum Gasteiger partial charge on any atom is 0.234 e. The molecule has 0 bridgehead atoms. The number of nitrogens with zero attached hydrogens (tertiary/aromatic N) is 2. The quantitative estimate of drug-likeness (QED) is 0.493. The molecule has 1 aliphatic rings. The van der Waals surface area contributed by atoms with E-state index in [4.69, 9.17) is 14.7 Å². The Morgan fingerprint density at radius 1 is 1.00 bits per heavy atom. The van der Waals surface area contributed by atoms with Crippen molar-refractivity contribution in [3.05, 3.63) is 84.2 Å². The largest absolute Gasteiger partial charge is 0.492 e. The average Bonchev–Trinajstić information content (AvgIpc) is 2.99. The van der Waals surface area contributed by atoms with E-state index < -0.39 is 0 Å². The molecular formula is C25H22FN3O2S. The Morgan fingerprint density at radius 3 is 2.44 bits per heavy atom. The SMILES string of the molecule is CCOc1ccccc1NC(=O)CSC1=Nc2ccccc2N=C(c2ccc(F)cc2)C1. The second-order valence-electron chi connectivity index (χ2n) is 7.00. The van der Waals surface area contributed by atoms with Crippen LogP contribution in [0.5, 0.6) is 5.75 Å². The molecule has 0 unspecified atom stereocenters. The molecule has 0 fully saturated rings. The van der Waals surface area contributed by atoms with E-state index in [9.17, 15) is 9.18 Å². The normalized spacial score (nSPS) is 12.8. The highest BCUT2D eigenvalue weighted by molar-refractivity contribution is 8.14. The number of para-hydroxylation sites is 4. The zero-order chi connectivity index (χ0) is 22.3. The molecule has 0 radical (unpaired) electrons. The van der Waals surface area contributed by atoms with Crippen LogP contribution in [0.3, 0.4) is 0 Å². The molecule has 7 heteroatoms. The highest BCUT2D eigenvalue weighted by atomic mass is 32.2. The molecule has 5 nitrogen and oxygen atoms in total. The first-order valence-corrected chi connectivity index (χ1v) is 11.3. The molecule has 3 aromatic rings. The number of benzene rings is 3. The van der Waals surface area contributed by atoms with Gasteiger partial charge in [-0.2, -0.15) is 0 Å². The summed E-state index contributed by atoms with van der Waals surface area (Å²) in [6.45, 7) is 2.42. The van der Waals surface area contributed by atoms with E-state index in [1.54, 1.807) is 12.1 Å². The summed E-state index contributed by atoms with van der Waals surface area (Å²) < 4.78 is 19.0. The third kappa shape index (κ3) is 5.42. The molecule has 0 saturated heterocycles. The molecular weight excluding hydrogens is 425 g/mol. The van der Waals surface area contributed by atoms with Gasteiger partial charge < -0.3 is 10.1 Å². The first-order valence-electron chi connectivity index (χ1n) is 10.3. The van der Waals surface area contributed by atoms with Gasteiger partial charge in [-0.15, -0.1) is 11.8 Å². The van der Waals surface area contributed by atoms with Crippen LogP contribution in [-0.4, -0.2) is 29.0 Å². The van der Waals surface area contributed by atoms with E-state index in [1.165, 1.54) is 23.9 Å². The van der Waals surface area contributed by atoms with Crippen LogP contribution in [0.1, 0.15) is 18.9 Å². The van der Waals surface area contributed by atoms with Crippen LogP contribution in [0, 0.1) is 5.82 Å². The second-order valence-corrected chi connectivity index (χ2v) is 8.05. The number of carbonyl (C=O) groups excluding carboxylic acids is 1. The van der Waals surface area contributed by atoms with E-state index in [0.29, 0.717) is 24.5 Å². The summed E-state index contributed by atoms with van der Waals surface area (Å²) in [6.07, 6.45) is 0.452. The summed E-state index contributed by atoms with van der Waals surface area (Å²) in [5, 5.41) is 3.68. The number of aliphatic imine (C=N–C) groups is 2. The Morgan fingerprint density at radius 2 is 1.69 bits per heavy atom. The van der Waals surface area contributed by atoms with Gasteiger partial charge in [-0.1, -0.05) is 36.4 Å². The van der Waals surface area contributed by atoms with Gasteiger partial charge in [0.2, 0.25) is 5.91 Å². The zero-order valence-electron chi connectivity index (χ0n) is 17.5. The highest BCUT2D eigenvalue weighted by Crippen LogP contribution is 2.33. The number of hydrogen-bond donors (Lipinski definition) is 1. The molecule has 1 amide bonds. The van der Waals surface area contributed by atoms with E-state index in [1.807, 2.05) is 55.5 Å². The lowest BCUT2D eigenvalue weighted by Crippen LogP contribution is -2.17. The molecule has 162 valence electrons. The van der Waals surface area contributed by atoms with Gasteiger partial charge in [-0.25, -0.2) is 9.38 Å². The fraction of sp³-hybridized carbons (Fsp3) is 0.160. The minimum absolute atomic E-state index is 0.150.